The SMILES string of the molecule is Cc1nc(N2CCSC(C)C2C)ncc1CNC(C)C. The number of rotatable bonds is 4. The van der Waals surface area contributed by atoms with Crippen LogP contribution in [0.3, 0.4) is 0 Å². The molecule has 1 aliphatic heterocycles. The molecule has 0 bridgehead atoms. The summed E-state index contributed by atoms with van der Waals surface area (Å²) in [6, 6.07) is 0.974. The van der Waals surface area contributed by atoms with Gasteiger partial charge in [0.2, 0.25) is 5.95 Å². The van der Waals surface area contributed by atoms with Crippen LogP contribution in [0.2, 0.25) is 0 Å². The van der Waals surface area contributed by atoms with Gasteiger partial charge in [0.1, 0.15) is 0 Å². The molecule has 2 heterocycles. The van der Waals surface area contributed by atoms with Crippen molar-refractivity contribution in [3.8, 4) is 0 Å². The van der Waals surface area contributed by atoms with Crippen LogP contribution in [-0.2, 0) is 6.54 Å². The van der Waals surface area contributed by atoms with Crippen molar-refractivity contribution in [2.75, 3.05) is 17.2 Å². The maximum absolute atomic E-state index is 4.73. The Labute approximate surface area is 126 Å². The third-order valence-corrected chi connectivity index (χ3v) is 5.25. The Hall–Kier alpha value is -0.810. The molecule has 1 N–H and O–H groups in total. The first-order valence-corrected chi connectivity index (χ1v) is 8.48. The van der Waals surface area contributed by atoms with Gasteiger partial charge in [0.25, 0.3) is 0 Å². The first kappa shape index (κ1) is 15.6. The third kappa shape index (κ3) is 3.64. The number of hydrogen-bond acceptors (Lipinski definition) is 5. The number of anilines is 1. The van der Waals surface area contributed by atoms with Crippen molar-refractivity contribution in [3.05, 3.63) is 17.5 Å². The number of nitrogens with one attached hydrogen (secondary N) is 1. The molecular weight excluding hydrogens is 268 g/mol. The van der Waals surface area contributed by atoms with E-state index in [9.17, 15) is 0 Å². The van der Waals surface area contributed by atoms with Crippen LogP contribution < -0.4 is 10.2 Å². The molecule has 20 heavy (non-hydrogen) atoms. The topological polar surface area (TPSA) is 41.1 Å². The zero-order valence-electron chi connectivity index (χ0n) is 13.2. The summed E-state index contributed by atoms with van der Waals surface area (Å²) in [5.41, 5.74) is 2.27. The highest BCUT2D eigenvalue weighted by molar-refractivity contribution is 8.00. The smallest absolute Gasteiger partial charge is 0.225 e. The maximum Gasteiger partial charge on any atom is 0.225 e. The van der Waals surface area contributed by atoms with E-state index in [0.717, 1.165) is 30.5 Å². The minimum Gasteiger partial charge on any atom is -0.336 e. The monoisotopic (exact) mass is 294 g/mol. The third-order valence-electron chi connectivity index (χ3n) is 3.91. The second-order valence-electron chi connectivity index (χ2n) is 5.83. The van der Waals surface area contributed by atoms with E-state index in [0.29, 0.717) is 17.3 Å². The van der Waals surface area contributed by atoms with Crippen LogP contribution in [0.25, 0.3) is 0 Å². The summed E-state index contributed by atoms with van der Waals surface area (Å²) in [5.74, 6) is 2.04. The quantitative estimate of drug-likeness (QED) is 0.924. The molecule has 0 radical (unpaired) electrons. The molecule has 4 nitrogen and oxygen atoms in total. The second-order valence-corrected chi connectivity index (χ2v) is 7.31. The van der Waals surface area contributed by atoms with E-state index in [1.54, 1.807) is 0 Å². The molecular formula is C15H26N4S. The van der Waals surface area contributed by atoms with Crippen LogP contribution in [0.5, 0.6) is 0 Å². The zero-order chi connectivity index (χ0) is 14.7. The van der Waals surface area contributed by atoms with Crippen LogP contribution in [0.4, 0.5) is 5.95 Å². The summed E-state index contributed by atoms with van der Waals surface area (Å²) in [6.45, 7) is 12.8. The number of hydrogen-bond donors (Lipinski definition) is 1. The molecule has 112 valence electrons. The van der Waals surface area contributed by atoms with Gasteiger partial charge in [0, 0.05) is 53.6 Å². The van der Waals surface area contributed by atoms with Gasteiger partial charge in [-0.3, -0.25) is 0 Å². The van der Waals surface area contributed by atoms with Crippen molar-refractivity contribution in [2.24, 2.45) is 0 Å². The highest BCUT2D eigenvalue weighted by Crippen LogP contribution is 2.27. The number of thioether (sulfide) groups is 1. The fraction of sp³-hybridized carbons (Fsp3) is 0.733. The predicted molar refractivity (Wildman–Crippen MR) is 87.5 cm³/mol. The summed E-state index contributed by atoms with van der Waals surface area (Å²) in [4.78, 5) is 11.7. The van der Waals surface area contributed by atoms with Crippen LogP contribution in [0.1, 0.15) is 39.0 Å². The van der Waals surface area contributed by atoms with E-state index in [-0.39, 0.29) is 0 Å². The summed E-state index contributed by atoms with van der Waals surface area (Å²) < 4.78 is 0. The summed E-state index contributed by atoms with van der Waals surface area (Å²) in [7, 11) is 0. The van der Waals surface area contributed by atoms with Crippen molar-refractivity contribution in [2.45, 2.75) is 58.5 Å². The predicted octanol–water partition coefficient (Wildman–Crippen LogP) is 2.61. The van der Waals surface area contributed by atoms with Crippen molar-refractivity contribution in [1.29, 1.82) is 0 Å². The Bertz CT molecular complexity index is 449. The molecule has 0 amide bonds. The summed E-state index contributed by atoms with van der Waals surface area (Å²) in [5, 5.41) is 4.05. The van der Waals surface area contributed by atoms with Crippen molar-refractivity contribution in [1.82, 2.24) is 15.3 Å². The standard InChI is InChI=1S/C15H26N4S/c1-10(2)16-8-14-9-17-15(18-11(14)3)19-6-7-20-13(5)12(19)4/h9-10,12-13,16H,6-8H2,1-5H3. The van der Waals surface area contributed by atoms with Crippen LogP contribution in [-0.4, -0.2) is 39.6 Å². The Morgan fingerprint density at radius 3 is 2.85 bits per heavy atom. The van der Waals surface area contributed by atoms with Gasteiger partial charge in [-0.2, -0.15) is 11.8 Å². The number of aromatic nitrogens is 2. The normalized spacial score (nSPS) is 23.4. The molecule has 1 aliphatic rings. The van der Waals surface area contributed by atoms with E-state index < -0.39 is 0 Å². The lowest BCUT2D eigenvalue weighted by atomic mass is 10.2. The number of nitrogens with zero attached hydrogens (tertiary/aromatic N) is 3. The van der Waals surface area contributed by atoms with Crippen molar-refractivity contribution < 1.29 is 0 Å². The Morgan fingerprint density at radius 1 is 1.45 bits per heavy atom. The van der Waals surface area contributed by atoms with E-state index >= 15 is 0 Å². The van der Waals surface area contributed by atoms with Gasteiger partial charge in [-0.15, -0.1) is 0 Å². The highest BCUT2D eigenvalue weighted by atomic mass is 32.2. The summed E-state index contributed by atoms with van der Waals surface area (Å²) in [6.07, 6.45) is 1.98. The van der Waals surface area contributed by atoms with Crippen LogP contribution in [0.15, 0.2) is 6.20 Å². The van der Waals surface area contributed by atoms with Gasteiger partial charge in [0.15, 0.2) is 0 Å². The van der Waals surface area contributed by atoms with E-state index in [4.69, 9.17) is 4.98 Å². The van der Waals surface area contributed by atoms with Crippen molar-refractivity contribution in [3.63, 3.8) is 0 Å². The first-order chi connectivity index (χ1) is 9.49. The fourth-order valence-electron chi connectivity index (χ4n) is 2.32. The van der Waals surface area contributed by atoms with Crippen LogP contribution >= 0.6 is 11.8 Å². The Balaban J connectivity index is 2.12. The van der Waals surface area contributed by atoms with Crippen molar-refractivity contribution >= 4 is 17.7 Å². The van der Waals surface area contributed by atoms with E-state index in [1.807, 2.05) is 18.0 Å². The fourth-order valence-corrected chi connectivity index (χ4v) is 3.42. The van der Waals surface area contributed by atoms with Crippen LogP contribution in [0, 0.1) is 6.92 Å². The van der Waals surface area contributed by atoms with E-state index in [1.165, 1.54) is 5.56 Å². The molecule has 1 saturated heterocycles. The van der Waals surface area contributed by atoms with Gasteiger partial charge >= 0.3 is 0 Å². The molecule has 1 aromatic rings. The molecule has 0 saturated carbocycles. The lowest BCUT2D eigenvalue weighted by molar-refractivity contribution is 0.581. The molecule has 0 aromatic carbocycles. The maximum atomic E-state index is 4.73. The molecule has 2 unspecified atom stereocenters. The Morgan fingerprint density at radius 2 is 2.20 bits per heavy atom. The molecule has 5 heteroatoms. The molecule has 2 atom stereocenters. The highest BCUT2D eigenvalue weighted by Gasteiger charge is 2.27. The van der Waals surface area contributed by atoms with Gasteiger partial charge < -0.3 is 10.2 Å². The number of aryl methyl sites for hydroxylation is 1. The molecule has 0 spiro atoms. The average Bonchev–Trinajstić information content (AvgIpc) is 2.40. The minimum atomic E-state index is 0.481. The zero-order valence-corrected chi connectivity index (χ0v) is 14.0. The average molecular weight is 294 g/mol. The lowest BCUT2D eigenvalue weighted by Gasteiger charge is -2.37. The lowest BCUT2D eigenvalue weighted by Crippen LogP contribution is -2.45. The molecule has 1 aromatic heterocycles. The largest absolute Gasteiger partial charge is 0.336 e. The van der Waals surface area contributed by atoms with Gasteiger partial charge in [0.05, 0.1) is 0 Å². The molecule has 1 fully saturated rings. The van der Waals surface area contributed by atoms with Gasteiger partial charge in [-0.1, -0.05) is 20.8 Å². The Kier molecular flexibility index (Phi) is 5.27. The molecule has 0 aliphatic carbocycles. The van der Waals surface area contributed by atoms with Gasteiger partial charge in [-0.05, 0) is 13.8 Å². The van der Waals surface area contributed by atoms with Gasteiger partial charge in [-0.25, -0.2) is 9.97 Å². The first-order valence-electron chi connectivity index (χ1n) is 7.43. The summed E-state index contributed by atoms with van der Waals surface area (Å²) >= 11 is 2.04. The molecule has 2 rings (SSSR count). The van der Waals surface area contributed by atoms with E-state index in [2.05, 4.69) is 49.8 Å². The second kappa shape index (κ2) is 6.76. The minimum absolute atomic E-state index is 0.481.